The van der Waals surface area contributed by atoms with E-state index in [4.69, 9.17) is 18.0 Å². The van der Waals surface area contributed by atoms with E-state index in [2.05, 4.69) is 28.7 Å². The fraction of sp³-hybridized carbons (Fsp3) is 0.583. The summed E-state index contributed by atoms with van der Waals surface area (Å²) < 4.78 is 0. The molecule has 0 aromatic carbocycles. The van der Waals surface area contributed by atoms with Crippen LogP contribution in [0, 0.1) is 12.3 Å². The van der Waals surface area contributed by atoms with Crippen LogP contribution in [0.15, 0.2) is 6.07 Å². The fourth-order valence-corrected chi connectivity index (χ4v) is 2.21. The highest BCUT2D eigenvalue weighted by atomic mass is 32.1. The Kier molecular flexibility index (Phi) is 3.03. The van der Waals surface area contributed by atoms with Crippen LogP contribution in [0.25, 0.3) is 0 Å². The molecule has 2 N–H and O–H groups in total. The summed E-state index contributed by atoms with van der Waals surface area (Å²) in [5.74, 6) is 0.748. The standard InChI is InChI=1S/C12H18N4S/c1-8-6-9(10(13)17)15-11(14-8)16-5-4-12(2,3)7-16/h6H,4-5,7H2,1-3H3,(H2,13,17). The molecular weight excluding hydrogens is 232 g/mol. The van der Waals surface area contributed by atoms with Gasteiger partial charge in [-0.15, -0.1) is 0 Å². The Balaban J connectivity index is 2.30. The zero-order chi connectivity index (χ0) is 12.6. The number of aryl methyl sites for hydroxylation is 1. The number of aromatic nitrogens is 2. The first-order valence-electron chi connectivity index (χ1n) is 5.78. The highest BCUT2D eigenvalue weighted by Gasteiger charge is 2.30. The van der Waals surface area contributed by atoms with Gasteiger partial charge >= 0.3 is 0 Å². The molecule has 4 nitrogen and oxygen atoms in total. The SMILES string of the molecule is Cc1cc(C(N)=S)nc(N2CCC(C)(C)C2)n1. The molecule has 2 heterocycles. The van der Waals surface area contributed by atoms with E-state index in [0.717, 1.165) is 31.2 Å². The van der Waals surface area contributed by atoms with Crippen molar-refractivity contribution in [1.29, 1.82) is 0 Å². The van der Waals surface area contributed by atoms with Crippen molar-refractivity contribution in [1.82, 2.24) is 9.97 Å². The van der Waals surface area contributed by atoms with Crippen LogP contribution in [0.4, 0.5) is 5.95 Å². The Labute approximate surface area is 107 Å². The maximum absolute atomic E-state index is 5.63. The van der Waals surface area contributed by atoms with Crippen molar-refractivity contribution in [3.8, 4) is 0 Å². The Morgan fingerprint density at radius 1 is 1.47 bits per heavy atom. The fourth-order valence-electron chi connectivity index (χ4n) is 2.10. The number of thiocarbonyl (C=S) groups is 1. The lowest BCUT2D eigenvalue weighted by Crippen LogP contribution is -2.26. The molecule has 1 aliphatic heterocycles. The lowest BCUT2D eigenvalue weighted by molar-refractivity contribution is 0.418. The number of rotatable bonds is 2. The Hall–Kier alpha value is -1.23. The van der Waals surface area contributed by atoms with E-state index < -0.39 is 0 Å². The lowest BCUT2D eigenvalue weighted by Gasteiger charge is -2.20. The maximum Gasteiger partial charge on any atom is 0.226 e. The van der Waals surface area contributed by atoms with E-state index >= 15 is 0 Å². The molecule has 92 valence electrons. The smallest absolute Gasteiger partial charge is 0.226 e. The third-order valence-electron chi connectivity index (χ3n) is 3.06. The second kappa shape index (κ2) is 4.22. The van der Waals surface area contributed by atoms with Gasteiger partial charge in [-0.05, 0) is 24.8 Å². The second-order valence-corrected chi connectivity index (χ2v) is 5.83. The molecule has 2 rings (SSSR count). The zero-order valence-corrected chi connectivity index (χ0v) is 11.3. The molecule has 1 aromatic heterocycles. The topological polar surface area (TPSA) is 55.0 Å². The van der Waals surface area contributed by atoms with Gasteiger partial charge in [-0.3, -0.25) is 0 Å². The average Bonchev–Trinajstić information content (AvgIpc) is 2.58. The highest BCUT2D eigenvalue weighted by Crippen LogP contribution is 2.30. The van der Waals surface area contributed by atoms with E-state index in [1.165, 1.54) is 0 Å². The number of hydrogen-bond acceptors (Lipinski definition) is 4. The summed E-state index contributed by atoms with van der Waals surface area (Å²) in [6, 6.07) is 1.83. The average molecular weight is 250 g/mol. The number of nitrogens with two attached hydrogens (primary N) is 1. The molecule has 0 saturated carbocycles. The molecule has 0 radical (unpaired) electrons. The molecule has 0 aliphatic carbocycles. The lowest BCUT2D eigenvalue weighted by atomic mass is 9.93. The third-order valence-corrected chi connectivity index (χ3v) is 3.26. The van der Waals surface area contributed by atoms with Crippen LogP contribution in [0.3, 0.4) is 0 Å². The largest absolute Gasteiger partial charge is 0.388 e. The minimum absolute atomic E-state index is 0.329. The molecule has 1 aromatic rings. The molecule has 17 heavy (non-hydrogen) atoms. The van der Waals surface area contributed by atoms with Crippen LogP contribution in [0.2, 0.25) is 0 Å². The van der Waals surface area contributed by atoms with Crippen molar-refractivity contribution in [2.45, 2.75) is 27.2 Å². The molecule has 0 amide bonds. The summed E-state index contributed by atoms with van der Waals surface area (Å²) in [7, 11) is 0. The minimum Gasteiger partial charge on any atom is -0.388 e. The van der Waals surface area contributed by atoms with Crippen molar-refractivity contribution in [3.05, 3.63) is 17.5 Å². The molecular formula is C12H18N4S. The van der Waals surface area contributed by atoms with E-state index in [0.29, 0.717) is 16.1 Å². The van der Waals surface area contributed by atoms with E-state index in [1.807, 2.05) is 13.0 Å². The van der Waals surface area contributed by atoms with Gasteiger partial charge in [-0.25, -0.2) is 9.97 Å². The van der Waals surface area contributed by atoms with Gasteiger partial charge in [0.2, 0.25) is 5.95 Å². The third kappa shape index (κ3) is 2.72. The molecule has 0 unspecified atom stereocenters. The van der Waals surface area contributed by atoms with Crippen LogP contribution in [-0.4, -0.2) is 28.0 Å². The predicted octanol–water partition coefficient (Wildman–Crippen LogP) is 1.66. The monoisotopic (exact) mass is 250 g/mol. The van der Waals surface area contributed by atoms with Crippen molar-refractivity contribution >= 4 is 23.2 Å². The summed E-state index contributed by atoms with van der Waals surface area (Å²) in [6.45, 7) is 8.43. The quantitative estimate of drug-likeness (QED) is 0.809. The van der Waals surface area contributed by atoms with Gasteiger partial charge in [-0.2, -0.15) is 0 Å². The highest BCUT2D eigenvalue weighted by molar-refractivity contribution is 7.80. The minimum atomic E-state index is 0.329. The summed E-state index contributed by atoms with van der Waals surface area (Å²) in [4.78, 5) is 11.4. The predicted molar refractivity (Wildman–Crippen MR) is 73.3 cm³/mol. The summed E-state index contributed by atoms with van der Waals surface area (Å²) in [5, 5.41) is 0. The Morgan fingerprint density at radius 2 is 2.18 bits per heavy atom. The maximum atomic E-state index is 5.63. The number of anilines is 1. The van der Waals surface area contributed by atoms with Crippen molar-refractivity contribution in [3.63, 3.8) is 0 Å². The summed E-state index contributed by atoms with van der Waals surface area (Å²) in [6.07, 6.45) is 1.16. The van der Waals surface area contributed by atoms with Gasteiger partial charge in [0, 0.05) is 18.8 Å². The van der Waals surface area contributed by atoms with Gasteiger partial charge < -0.3 is 10.6 Å². The Bertz CT molecular complexity index is 456. The van der Waals surface area contributed by atoms with E-state index in [9.17, 15) is 0 Å². The van der Waals surface area contributed by atoms with Gasteiger partial charge in [0.25, 0.3) is 0 Å². The van der Waals surface area contributed by atoms with Gasteiger partial charge in [0.05, 0.1) is 0 Å². The zero-order valence-electron chi connectivity index (χ0n) is 10.5. The van der Waals surface area contributed by atoms with Crippen LogP contribution in [0.1, 0.15) is 31.7 Å². The van der Waals surface area contributed by atoms with Crippen LogP contribution in [0.5, 0.6) is 0 Å². The Morgan fingerprint density at radius 3 is 2.71 bits per heavy atom. The molecule has 1 aliphatic rings. The first-order valence-corrected chi connectivity index (χ1v) is 6.19. The normalized spacial score (nSPS) is 18.4. The van der Waals surface area contributed by atoms with Crippen molar-refractivity contribution < 1.29 is 0 Å². The molecule has 1 fully saturated rings. The number of hydrogen-bond donors (Lipinski definition) is 1. The molecule has 0 atom stereocenters. The van der Waals surface area contributed by atoms with Crippen LogP contribution < -0.4 is 10.6 Å². The summed E-state index contributed by atoms with van der Waals surface area (Å²) >= 11 is 4.97. The molecule has 1 saturated heterocycles. The van der Waals surface area contributed by atoms with Crippen molar-refractivity contribution in [2.75, 3.05) is 18.0 Å². The van der Waals surface area contributed by atoms with Gasteiger partial charge in [0.15, 0.2) is 0 Å². The van der Waals surface area contributed by atoms with Gasteiger partial charge in [-0.1, -0.05) is 26.1 Å². The molecule has 0 spiro atoms. The van der Waals surface area contributed by atoms with Crippen LogP contribution >= 0.6 is 12.2 Å². The van der Waals surface area contributed by atoms with Gasteiger partial charge in [0.1, 0.15) is 10.7 Å². The summed E-state index contributed by atoms with van der Waals surface area (Å²) in [5.41, 5.74) is 7.52. The molecule has 0 bridgehead atoms. The first kappa shape index (κ1) is 12.2. The first-order chi connectivity index (χ1) is 7.87. The second-order valence-electron chi connectivity index (χ2n) is 5.39. The number of nitrogens with zero attached hydrogens (tertiary/aromatic N) is 3. The van der Waals surface area contributed by atoms with Crippen LogP contribution in [-0.2, 0) is 0 Å². The molecule has 5 heteroatoms. The van der Waals surface area contributed by atoms with E-state index in [1.54, 1.807) is 0 Å². The van der Waals surface area contributed by atoms with Crippen molar-refractivity contribution in [2.24, 2.45) is 11.1 Å². The van der Waals surface area contributed by atoms with E-state index in [-0.39, 0.29) is 0 Å².